The number of carboxylic acids is 1. The van der Waals surface area contributed by atoms with Crippen LogP contribution in [0.3, 0.4) is 0 Å². The van der Waals surface area contributed by atoms with Crippen molar-refractivity contribution in [2.45, 2.75) is 32.5 Å². The number of nitrogens with one attached hydrogen (secondary N) is 2. The first-order valence-electron chi connectivity index (χ1n) is 5.27. The number of aliphatic hydroxyl groups excluding tert-OH is 1. The maximum Gasteiger partial charge on any atom is 0.328 e. The third-order valence-corrected chi connectivity index (χ3v) is 2.14. The summed E-state index contributed by atoms with van der Waals surface area (Å²) in [6.45, 7) is 3.10. The summed E-state index contributed by atoms with van der Waals surface area (Å²) >= 11 is 0. The molecule has 0 aromatic carbocycles. The Morgan fingerprint density at radius 3 is 2.67 bits per heavy atom. The summed E-state index contributed by atoms with van der Waals surface area (Å²) in [6.07, 6.45) is -1.19. The van der Waals surface area contributed by atoms with Crippen LogP contribution in [0.1, 0.15) is 18.4 Å². The van der Waals surface area contributed by atoms with Gasteiger partial charge in [-0.3, -0.25) is 0 Å². The molecule has 2 unspecified atom stereocenters. The molecule has 4 N–H and O–H groups in total. The number of nitrogens with zero attached hydrogens (tertiary/aromatic N) is 1. The van der Waals surface area contributed by atoms with E-state index in [4.69, 9.17) is 14.7 Å². The molecule has 100 valence electrons. The summed E-state index contributed by atoms with van der Waals surface area (Å²) in [5.74, 6) is -0.697. The van der Waals surface area contributed by atoms with Crippen LogP contribution in [0, 0.1) is 6.92 Å². The van der Waals surface area contributed by atoms with Gasteiger partial charge in [-0.1, -0.05) is 5.16 Å². The van der Waals surface area contributed by atoms with E-state index in [9.17, 15) is 9.59 Å². The number of aliphatic carboxylic acids is 1. The first kappa shape index (κ1) is 14.0. The monoisotopic (exact) mass is 257 g/mol. The van der Waals surface area contributed by atoms with E-state index in [-0.39, 0.29) is 6.54 Å². The molecule has 8 nitrogen and oxygen atoms in total. The molecule has 1 heterocycles. The summed E-state index contributed by atoms with van der Waals surface area (Å²) < 4.78 is 4.80. The molecule has 0 spiro atoms. The molecule has 0 aliphatic carbocycles. The number of carbonyl (C=O) groups excluding carboxylic acids is 1. The van der Waals surface area contributed by atoms with Crippen LogP contribution in [0.4, 0.5) is 4.79 Å². The van der Waals surface area contributed by atoms with Crippen molar-refractivity contribution in [1.29, 1.82) is 0 Å². The van der Waals surface area contributed by atoms with Crippen LogP contribution in [0.5, 0.6) is 0 Å². The minimum absolute atomic E-state index is 0.106. The summed E-state index contributed by atoms with van der Waals surface area (Å²) in [7, 11) is 0. The highest BCUT2D eigenvalue weighted by molar-refractivity contribution is 5.82. The van der Waals surface area contributed by atoms with Gasteiger partial charge in [0.25, 0.3) is 0 Å². The zero-order valence-corrected chi connectivity index (χ0v) is 10.0. The van der Waals surface area contributed by atoms with Crippen molar-refractivity contribution in [1.82, 2.24) is 15.8 Å². The number of amides is 2. The normalized spacial score (nSPS) is 13.7. The van der Waals surface area contributed by atoms with Gasteiger partial charge in [-0.2, -0.15) is 0 Å². The van der Waals surface area contributed by atoms with E-state index in [1.807, 2.05) is 0 Å². The van der Waals surface area contributed by atoms with Gasteiger partial charge in [0, 0.05) is 6.07 Å². The number of aromatic nitrogens is 1. The van der Waals surface area contributed by atoms with E-state index in [1.165, 1.54) is 6.92 Å². The second-order valence-electron chi connectivity index (χ2n) is 3.81. The SMILES string of the molecule is Cc1cc(CNC(=O)NC(C(=O)O)C(C)O)no1. The van der Waals surface area contributed by atoms with Crippen LogP contribution in [-0.4, -0.2) is 39.5 Å². The van der Waals surface area contributed by atoms with Crippen LogP contribution in [0.2, 0.25) is 0 Å². The maximum absolute atomic E-state index is 11.4. The number of urea groups is 1. The van der Waals surface area contributed by atoms with Gasteiger partial charge in [0.15, 0.2) is 6.04 Å². The molecule has 2 amide bonds. The van der Waals surface area contributed by atoms with Crippen LogP contribution < -0.4 is 10.6 Å². The lowest BCUT2D eigenvalue weighted by Gasteiger charge is -2.17. The van der Waals surface area contributed by atoms with Crippen LogP contribution in [0.25, 0.3) is 0 Å². The van der Waals surface area contributed by atoms with Crippen molar-refractivity contribution in [2.75, 3.05) is 0 Å². The van der Waals surface area contributed by atoms with Crippen LogP contribution in [-0.2, 0) is 11.3 Å². The molecule has 0 saturated carbocycles. The van der Waals surface area contributed by atoms with Crippen LogP contribution in [0.15, 0.2) is 10.6 Å². The maximum atomic E-state index is 11.4. The first-order valence-corrected chi connectivity index (χ1v) is 5.27. The minimum atomic E-state index is -1.36. The van der Waals surface area contributed by atoms with Gasteiger partial charge in [-0.05, 0) is 13.8 Å². The lowest BCUT2D eigenvalue weighted by molar-refractivity contribution is -0.141. The van der Waals surface area contributed by atoms with Gasteiger partial charge in [0.2, 0.25) is 0 Å². The second-order valence-corrected chi connectivity index (χ2v) is 3.81. The van der Waals surface area contributed by atoms with Gasteiger partial charge < -0.3 is 25.4 Å². The number of carboxylic acid groups (broad SMARTS) is 1. The lowest BCUT2D eigenvalue weighted by Crippen LogP contribution is -2.50. The minimum Gasteiger partial charge on any atom is -0.480 e. The largest absolute Gasteiger partial charge is 0.480 e. The Bertz CT molecular complexity index is 429. The molecular formula is C10H15N3O5. The van der Waals surface area contributed by atoms with Gasteiger partial charge in [0.05, 0.1) is 12.6 Å². The Morgan fingerprint density at radius 1 is 1.56 bits per heavy atom. The number of aliphatic hydroxyl groups is 1. The third kappa shape index (κ3) is 4.06. The molecule has 0 aliphatic heterocycles. The molecule has 1 aromatic rings. The summed E-state index contributed by atoms with van der Waals surface area (Å²) in [4.78, 5) is 22.1. The number of carbonyl (C=O) groups is 2. The lowest BCUT2D eigenvalue weighted by atomic mass is 10.2. The zero-order valence-electron chi connectivity index (χ0n) is 10.0. The van der Waals surface area contributed by atoms with E-state index in [1.54, 1.807) is 13.0 Å². The number of hydrogen-bond acceptors (Lipinski definition) is 5. The Morgan fingerprint density at radius 2 is 2.22 bits per heavy atom. The fourth-order valence-corrected chi connectivity index (χ4v) is 1.25. The average Bonchev–Trinajstić information content (AvgIpc) is 2.68. The van der Waals surface area contributed by atoms with E-state index >= 15 is 0 Å². The first-order chi connectivity index (χ1) is 8.40. The standard InChI is InChI=1S/C10H15N3O5/c1-5-3-7(13-18-5)4-11-10(17)12-8(6(2)14)9(15)16/h3,6,8,14H,4H2,1-2H3,(H,15,16)(H2,11,12,17). The third-order valence-electron chi connectivity index (χ3n) is 2.14. The zero-order chi connectivity index (χ0) is 13.7. The average molecular weight is 257 g/mol. The fraction of sp³-hybridized carbons (Fsp3) is 0.500. The molecule has 8 heteroatoms. The highest BCUT2D eigenvalue weighted by Gasteiger charge is 2.24. The molecule has 0 fully saturated rings. The molecule has 0 aliphatic rings. The Balaban J connectivity index is 2.43. The van der Waals surface area contributed by atoms with E-state index < -0.39 is 24.1 Å². The molecule has 2 atom stereocenters. The van der Waals surface area contributed by atoms with Crippen molar-refractivity contribution in [3.8, 4) is 0 Å². The number of aryl methyl sites for hydroxylation is 1. The highest BCUT2D eigenvalue weighted by atomic mass is 16.5. The highest BCUT2D eigenvalue weighted by Crippen LogP contribution is 2.00. The number of hydrogen-bond donors (Lipinski definition) is 4. The van der Waals surface area contributed by atoms with Gasteiger partial charge in [0.1, 0.15) is 11.5 Å². The summed E-state index contributed by atoms with van der Waals surface area (Å²) in [5.41, 5.74) is 0.520. The predicted molar refractivity (Wildman–Crippen MR) is 59.7 cm³/mol. The van der Waals surface area contributed by atoms with Gasteiger partial charge in [-0.25, -0.2) is 9.59 Å². The molecule has 18 heavy (non-hydrogen) atoms. The second kappa shape index (κ2) is 6.01. The molecule has 0 saturated heterocycles. The summed E-state index contributed by atoms with van der Waals surface area (Å²) in [6, 6.07) is -0.420. The number of rotatable bonds is 5. The Hall–Kier alpha value is -2.09. The van der Waals surface area contributed by atoms with Crippen molar-refractivity contribution in [3.05, 3.63) is 17.5 Å². The van der Waals surface area contributed by atoms with Crippen molar-refractivity contribution in [2.24, 2.45) is 0 Å². The Kier molecular flexibility index (Phi) is 4.67. The van der Waals surface area contributed by atoms with E-state index in [0.717, 1.165) is 0 Å². The van der Waals surface area contributed by atoms with Crippen molar-refractivity contribution in [3.63, 3.8) is 0 Å². The Labute approximate surface area is 103 Å². The van der Waals surface area contributed by atoms with Crippen molar-refractivity contribution >= 4 is 12.0 Å². The topological polar surface area (TPSA) is 125 Å². The van der Waals surface area contributed by atoms with Gasteiger partial charge >= 0.3 is 12.0 Å². The predicted octanol–water partition coefficient (Wildman–Crippen LogP) is -0.384. The molecular weight excluding hydrogens is 242 g/mol. The van der Waals surface area contributed by atoms with Crippen molar-refractivity contribution < 1.29 is 24.3 Å². The molecule has 0 bridgehead atoms. The fourth-order valence-electron chi connectivity index (χ4n) is 1.25. The summed E-state index contributed by atoms with van der Waals surface area (Å²) in [5, 5.41) is 26.1. The molecule has 0 radical (unpaired) electrons. The smallest absolute Gasteiger partial charge is 0.328 e. The molecule has 1 rings (SSSR count). The molecule has 1 aromatic heterocycles. The van der Waals surface area contributed by atoms with E-state index in [2.05, 4.69) is 15.8 Å². The van der Waals surface area contributed by atoms with E-state index in [0.29, 0.717) is 11.5 Å². The quantitative estimate of drug-likeness (QED) is 0.569. The van der Waals surface area contributed by atoms with Crippen LogP contribution >= 0.6 is 0 Å². The van der Waals surface area contributed by atoms with Gasteiger partial charge in [-0.15, -0.1) is 0 Å².